The average Bonchev–Trinajstić information content (AvgIpc) is 2.48. The molecule has 0 fully saturated rings. The highest BCUT2D eigenvalue weighted by atomic mass is 19.4. The van der Waals surface area contributed by atoms with Gasteiger partial charge < -0.3 is 10.5 Å². The van der Waals surface area contributed by atoms with Crippen molar-refractivity contribution in [3.05, 3.63) is 65.7 Å². The Kier molecular flexibility index (Phi) is 4.85. The fourth-order valence-corrected chi connectivity index (χ4v) is 1.96. The lowest BCUT2D eigenvalue weighted by atomic mass is 9.99. The Labute approximate surface area is 121 Å². The van der Waals surface area contributed by atoms with Gasteiger partial charge in [0, 0.05) is 12.5 Å². The zero-order valence-electron chi connectivity index (χ0n) is 11.3. The molecule has 0 radical (unpaired) electrons. The number of alkyl halides is 3. The maximum absolute atomic E-state index is 12.5. The summed E-state index contributed by atoms with van der Waals surface area (Å²) in [5.74, 6) is 0.565. The summed E-state index contributed by atoms with van der Waals surface area (Å²) < 4.78 is 43.2. The highest BCUT2D eigenvalue weighted by Crippen LogP contribution is 2.30. The lowest BCUT2D eigenvalue weighted by Crippen LogP contribution is -2.20. The number of ether oxygens (including phenoxy) is 1. The van der Waals surface area contributed by atoms with Crippen molar-refractivity contribution in [2.24, 2.45) is 5.73 Å². The molecule has 21 heavy (non-hydrogen) atoms. The smallest absolute Gasteiger partial charge is 0.416 e. The van der Waals surface area contributed by atoms with Crippen LogP contribution in [-0.4, -0.2) is 13.2 Å². The number of hydrogen-bond acceptors (Lipinski definition) is 2. The highest BCUT2D eigenvalue weighted by Gasteiger charge is 2.30. The Morgan fingerprint density at radius 1 is 0.952 bits per heavy atom. The Hall–Kier alpha value is -2.01. The molecule has 2 aromatic carbocycles. The van der Waals surface area contributed by atoms with Crippen molar-refractivity contribution in [2.75, 3.05) is 13.2 Å². The molecule has 0 amide bonds. The van der Waals surface area contributed by atoms with Crippen LogP contribution >= 0.6 is 0 Å². The number of halogens is 3. The summed E-state index contributed by atoms with van der Waals surface area (Å²) in [6, 6.07) is 14.3. The lowest BCUT2D eigenvalue weighted by Gasteiger charge is -2.17. The first-order valence-corrected chi connectivity index (χ1v) is 6.56. The van der Waals surface area contributed by atoms with Gasteiger partial charge >= 0.3 is 6.18 Å². The van der Waals surface area contributed by atoms with Gasteiger partial charge in [-0.05, 0) is 29.8 Å². The van der Waals surface area contributed by atoms with Gasteiger partial charge in [0.2, 0.25) is 0 Å². The SMILES string of the molecule is NCC(COc1ccccc1)c1ccc(C(F)(F)F)cc1. The zero-order valence-corrected chi connectivity index (χ0v) is 11.3. The third kappa shape index (κ3) is 4.23. The van der Waals surface area contributed by atoms with E-state index >= 15 is 0 Å². The summed E-state index contributed by atoms with van der Waals surface area (Å²) in [4.78, 5) is 0. The fraction of sp³-hybridized carbons (Fsp3) is 0.250. The molecule has 0 spiro atoms. The molecule has 2 N–H and O–H groups in total. The molecule has 2 nitrogen and oxygen atoms in total. The van der Waals surface area contributed by atoms with E-state index in [0.29, 0.717) is 18.9 Å². The van der Waals surface area contributed by atoms with E-state index in [2.05, 4.69) is 0 Å². The van der Waals surface area contributed by atoms with Gasteiger partial charge in [-0.1, -0.05) is 30.3 Å². The van der Waals surface area contributed by atoms with E-state index in [9.17, 15) is 13.2 Å². The van der Waals surface area contributed by atoms with Gasteiger partial charge in [-0.3, -0.25) is 0 Å². The van der Waals surface area contributed by atoms with E-state index in [0.717, 1.165) is 17.7 Å². The minimum absolute atomic E-state index is 0.146. The normalized spacial score (nSPS) is 13.0. The summed E-state index contributed by atoms with van der Waals surface area (Å²) in [7, 11) is 0. The van der Waals surface area contributed by atoms with Crippen molar-refractivity contribution in [2.45, 2.75) is 12.1 Å². The van der Waals surface area contributed by atoms with E-state index in [1.807, 2.05) is 30.3 Å². The Bertz CT molecular complexity index is 552. The van der Waals surface area contributed by atoms with Crippen LogP contribution in [0.2, 0.25) is 0 Å². The van der Waals surface area contributed by atoms with Crippen molar-refractivity contribution < 1.29 is 17.9 Å². The molecule has 0 aliphatic heterocycles. The first-order valence-electron chi connectivity index (χ1n) is 6.56. The van der Waals surface area contributed by atoms with Gasteiger partial charge in [0.05, 0.1) is 12.2 Å². The van der Waals surface area contributed by atoms with Crippen LogP contribution in [0, 0.1) is 0 Å². The first-order chi connectivity index (χ1) is 10.0. The standard InChI is InChI=1S/C16H16F3NO/c17-16(18,19)14-8-6-12(7-9-14)13(10-20)11-21-15-4-2-1-3-5-15/h1-9,13H,10-11,20H2. The molecule has 1 atom stereocenters. The van der Waals surface area contributed by atoms with Crippen molar-refractivity contribution >= 4 is 0 Å². The molecule has 0 aliphatic carbocycles. The number of rotatable bonds is 5. The Morgan fingerprint density at radius 2 is 1.57 bits per heavy atom. The second-order valence-electron chi connectivity index (χ2n) is 4.68. The molecular formula is C16H16F3NO. The predicted molar refractivity (Wildman–Crippen MR) is 75.2 cm³/mol. The predicted octanol–water partition coefficient (Wildman–Crippen LogP) is 3.83. The molecule has 0 heterocycles. The summed E-state index contributed by atoms with van der Waals surface area (Å²) in [5.41, 5.74) is 5.77. The zero-order chi connectivity index (χ0) is 15.3. The topological polar surface area (TPSA) is 35.2 Å². The number of hydrogen-bond donors (Lipinski definition) is 1. The average molecular weight is 295 g/mol. The van der Waals surface area contributed by atoms with Crippen LogP contribution in [0.15, 0.2) is 54.6 Å². The third-order valence-electron chi connectivity index (χ3n) is 3.19. The molecule has 2 rings (SSSR count). The number of nitrogens with two attached hydrogens (primary N) is 1. The van der Waals surface area contributed by atoms with Crippen LogP contribution in [0.4, 0.5) is 13.2 Å². The summed E-state index contributed by atoms with van der Waals surface area (Å²) in [5, 5.41) is 0. The molecule has 5 heteroatoms. The second-order valence-corrected chi connectivity index (χ2v) is 4.68. The van der Waals surface area contributed by atoms with E-state index in [4.69, 9.17) is 10.5 Å². The van der Waals surface area contributed by atoms with Crippen LogP contribution in [-0.2, 0) is 6.18 Å². The van der Waals surface area contributed by atoms with E-state index in [1.165, 1.54) is 12.1 Å². The maximum Gasteiger partial charge on any atom is 0.416 e. The summed E-state index contributed by atoms with van der Waals surface area (Å²) in [6.07, 6.45) is -4.32. The molecule has 112 valence electrons. The van der Waals surface area contributed by atoms with Crippen molar-refractivity contribution in [1.29, 1.82) is 0 Å². The van der Waals surface area contributed by atoms with Crippen LogP contribution in [0.3, 0.4) is 0 Å². The van der Waals surface area contributed by atoms with Gasteiger partial charge in [0.25, 0.3) is 0 Å². The van der Waals surface area contributed by atoms with Crippen molar-refractivity contribution in [1.82, 2.24) is 0 Å². The quantitative estimate of drug-likeness (QED) is 0.910. The third-order valence-corrected chi connectivity index (χ3v) is 3.19. The van der Waals surface area contributed by atoms with Gasteiger partial charge in [-0.2, -0.15) is 13.2 Å². The maximum atomic E-state index is 12.5. The van der Waals surface area contributed by atoms with E-state index < -0.39 is 11.7 Å². The first kappa shape index (κ1) is 15.4. The Morgan fingerprint density at radius 3 is 2.10 bits per heavy atom. The summed E-state index contributed by atoms with van der Waals surface area (Å²) >= 11 is 0. The van der Waals surface area contributed by atoms with Crippen LogP contribution in [0.1, 0.15) is 17.0 Å². The molecule has 0 aromatic heterocycles. The van der Waals surface area contributed by atoms with Crippen LogP contribution in [0.25, 0.3) is 0 Å². The number of para-hydroxylation sites is 1. The van der Waals surface area contributed by atoms with Gasteiger partial charge in [0.1, 0.15) is 5.75 Å². The lowest BCUT2D eigenvalue weighted by molar-refractivity contribution is -0.137. The minimum Gasteiger partial charge on any atom is -0.493 e. The van der Waals surface area contributed by atoms with E-state index in [1.54, 1.807) is 0 Å². The highest BCUT2D eigenvalue weighted by molar-refractivity contribution is 5.28. The van der Waals surface area contributed by atoms with Crippen LogP contribution < -0.4 is 10.5 Å². The van der Waals surface area contributed by atoms with Gasteiger partial charge in [-0.25, -0.2) is 0 Å². The molecule has 1 unspecified atom stereocenters. The van der Waals surface area contributed by atoms with Crippen molar-refractivity contribution in [3.63, 3.8) is 0 Å². The fourth-order valence-electron chi connectivity index (χ4n) is 1.96. The molecular weight excluding hydrogens is 279 g/mol. The summed E-state index contributed by atoms with van der Waals surface area (Å²) in [6.45, 7) is 0.629. The van der Waals surface area contributed by atoms with Gasteiger partial charge in [0.15, 0.2) is 0 Å². The molecule has 0 bridgehead atoms. The number of benzene rings is 2. The second kappa shape index (κ2) is 6.63. The molecule has 0 saturated heterocycles. The van der Waals surface area contributed by atoms with Crippen LogP contribution in [0.5, 0.6) is 5.75 Å². The molecule has 0 aliphatic rings. The molecule has 2 aromatic rings. The largest absolute Gasteiger partial charge is 0.493 e. The van der Waals surface area contributed by atoms with Crippen molar-refractivity contribution in [3.8, 4) is 5.75 Å². The molecule has 0 saturated carbocycles. The van der Waals surface area contributed by atoms with E-state index in [-0.39, 0.29) is 5.92 Å². The minimum atomic E-state index is -4.32. The van der Waals surface area contributed by atoms with Gasteiger partial charge in [-0.15, -0.1) is 0 Å². The monoisotopic (exact) mass is 295 g/mol. The Balaban J connectivity index is 2.04.